The molecule has 1 aliphatic rings. The molecule has 6 nitrogen and oxygen atoms in total. The van der Waals surface area contributed by atoms with Gasteiger partial charge in [0.1, 0.15) is 12.0 Å². The van der Waals surface area contributed by atoms with Crippen molar-refractivity contribution in [3.8, 4) is 17.2 Å². The van der Waals surface area contributed by atoms with Crippen molar-refractivity contribution in [3.05, 3.63) is 17.7 Å². The minimum absolute atomic E-state index is 0.0619. The topological polar surface area (TPSA) is 95.4 Å². The Bertz CT molecular complexity index is 468. The van der Waals surface area contributed by atoms with Gasteiger partial charge in [0.25, 0.3) is 0 Å². The van der Waals surface area contributed by atoms with Crippen LogP contribution in [0, 0.1) is 0 Å². The van der Waals surface area contributed by atoms with Crippen LogP contribution >= 0.6 is 11.8 Å². The lowest BCUT2D eigenvalue weighted by Gasteiger charge is -2.14. The molecular formula is C12H15NO5S. The third-order valence-corrected chi connectivity index (χ3v) is 4.34. The van der Waals surface area contributed by atoms with E-state index in [4.69, 9.17) is 9.47 Å². The van der Waals surface area contributed by atoms with Gasteiger partial charge in [-0.3, -0.25) is 0 Å². The minimum atomic E-state index is -1.06. The quantitative estimate of drug-likeness (QED) is 0.724. The number of rotatable bonds is 4. The summed E-state index contributed by atoms with van der Waals surface area (Å²) < 4.78 is 10.2. The van der Waals surface area contributed by atoms with Crippen molar-refractivity contribution in [2.45, 2.75) is 11.4 Å². The summed E-state index contributed by atoms with van der Waals surface area (Å²) in [5.74, 6) is -0.0280. The number of carbonyl (C=O) groups excluding carboxylic acids is 1. The number of carboxylic acids is 1. The van der Waals surface area contributed by atoms with E-state index in [2.05, 4.69) is 0 Å². The van der Waals surface area contributed by atoms with Gasteiger partial charge >= 0.3 is 0 Å². The fourth-order valence-corrected chi connectivity index (χ4v) is 3.25. The maximum absolute atomic E-state index is 10.8. The number of carboxylic acid groups (broad SMARTS) is 1. The molecule has 1 aromatic carbocycles. The molecule has 1 saturated heterocycles. The predicted molar refractivity (Wildman–Crippen MR) is 67.1 cm³/mol. The van der Waals surface area contributed by atoms with Gasteiger partial charge in [-0.2, -0.15) is 0 Å². The number of thioether (sulfide) groups is 1. The largest absolute Gasteiger partial charge is 0.544 e. The average molecular weight is 285 g/mol. The van der Waals surface area contributed by atoms with E-state index < -0.39 is 12.0 Å². The second-order valence-electron chi connectivity index (χ2n) is 4.15. The molecule has 0 aliphatic carbocycles. The molecule has 0 bridgehead atoms. The number of methoxy groups -OCH3 is 2. The van der Waals surface area contributed by atoms with E-state index in [0.717, 1.165) is 5.56 Å². The molecule has 1 aliphatic heterocycles. The highest BCUT2D eigenvalue weighted by molar-refractivity contribution is 7.99. The number of aromatic hydroxyl groups is 1. The first-order valence-corrected chi connectivity index (χ1v) is 6.74. The van der Waals surface area contributed by atoms with Crippen molar-refractivity contribution in [1.82, 2.24) is 0 Å². The highest BCUT2D eigenvalue weighted by Crippen LogP contribution is 2.40. The number of ether oxygens (including phenoxy) is 2. The number of carbonyl (C=O) groups is 1. The zero-order valence-corrected chi connectivity index (χ0v) is 11.4. The molecule has 1 aromatic rings. The fourth-order valence-electron chi connectivity index (χ4n) is 1.96. The Balaban J connectivity index is 2.28. The zero-order chi connectivity index (χ0) is 14.0. The van der Waals surface area contributed by atoms with Crippen LogP contribution < -0.4 is 19.9 Å². The number of hydrogen-bond acceptors (Lipinski definition) is 6. The second-order valence-corrected chi connectivity index (χ2v) is 5.32. The first kappa shape index (κ1) is 13.8. The van der Waals surface area contributed by atoms with Crippen LogP contribution in [0.15, 0.2) is 12.1 Å². The third-order valence-electron chi connectivity index (χ3n) is 3.00. The van der Waals surface area contributed by atoms with E-state index in [-0.39, 0.29) is 11.1 Å². The number of nitrogens with two attached hydrogens (primary N) is 1. The van der Waals surface area contributed by atoms with Crippen molar-refractivity contribution in [1.29, 1.82) is 0 Å². The van der Waals surface area contributed by atoms with Crippen LogP contribution in [0.25, 0.3) is 0 Å². The standard InChI is InChI=1S/C12H15NO5S/c1-17-8-3-6(4-9(18-2)10(8)14)11-13-7(5-19-11)12(15)16/h3-4,7,11,13-14H,5H2,1-2H3,(H,15,16)/t7-,11+/m0/s1. The highest BCUT2D eigenvalue weighted by atomic mass is 32.2. The maximum Gasteiger partial charge on any atom is 0.200 e. The lowest BCUT2D eigenvalue weighted by Crippen LogP contribution is -2.90. The van der Waals surface area contributed by atoms with Gasteiger partial charge < -0.3 is 29.8 Å². The number of quaternary nitrogens is 1. The van der Waals surface area contributed by atoms with E-state index in [1.807, 2.05) is 0 Å². The Labute approximate surface area is 114 Å². The molecule has 2 atom stereocenters. The minimum Gasteiger partial charge on any atom is -0.544 e. The van der Waals surface area contributed by atoms with E-state index in [9.17, 15) is 15.0 Å². The van der Waals surface area contributed by atoms with E-state index >= 15 is 0 Å². The number of hydrogen-bond donors (Lipinski definition) is 2. The molecular weight excluding hydrogens is 270 g/mol. The zero-order valence-electron chi connectivity index (χ0n) is 10.6. The molecule has 0 amide bonds. The summed E-state index contributed by atoms with van der Waals surface area (Å²) in [6.45, 7) is 0. The molecule has 2 rings (SSSR count). The SMILES string of the molecule is COc1cc([C@@H]2[NH2+][C@H](C(=O)[O-])CS2)cc(OC)c1O. The van der Waals surface area contributed by atoms with Gasteiger partial charge in [-0.15, -0.1) is 0 Å². The molecule has 104 valence electrons. The van der Waals surface area contributed by atoms with E-state index in [0.29, 0.717) is 17.3 Å². The van der Waals surface area contributed by atoms with Gasteiger partial charge in [-0.1, -0.05) is 11.8 Å². The van der Waals surface area contributed by atoms with Crippen LogP contribution in [-0.4, -0.2) is 37.1 Å². The van der Waals surface area contributed by atoms with Crippen molar-refractivity contribution in [3.63, 3.8) is 0 Å². The van der Waals surface area contributed by atoms with Crippen LogP contribution in [0.4, 0.5) is 0 Å². The Hall–Kier alpha value is -1.60. The molecule has 0 unspecified atom stereocenters. The summed E-state index contributed by atoms with van der Waals surface area (Å²) in [7, 11) is 2.90. The van der Waals surface area contributed by atoms with Crippen LogP contribution in [0.3, 0.4) is 0 Å². The summed E-state index contributed by atoms with van der Waals surface area (Å²) in [4.78, 5) is 10.8. The molecule has 7 heteroatoms. The van der Waals surface area contributed by atoms with Gasteiger partial charge in [-0.25, -0.2) is 0 Å². The Morgan fingerprint density at radius 2 is 2.00 bits per heavy atom. The summed E-state index contributed by atoms with van der Waals surface area (Å²) in [6.07, 6.45) is 0. The summed E-state index contributed by atoms with van der Waals surface area (Å²) in [6, 6.07) is 2.81. The molecule has 0 radical (unpaired) electrons. The van der Waals surface area contributed by atoms with Crippen LogP contribution in [0.5, 0.6) is 17.2 Å². The Morgan fingerprint density at radius 3 is 2.42 bits per heavy atom. The van der Waals surface area contributed by atoms with Gasteiger partial charge in [0.05, 0.1) is 20.0 Å². The molecule has 0 saturated carbocycles. The average Bonchev–Trinajstić information content (AvgIpc) is 2.89. The Kier molecular flexibility index (Phi) is 4.06. The molecule has 1 fully saturated rings. The monoisotopic (exact) mass is 285 g/mol. The lowest BCUT2D eigenvalue weighted by molar-refractivity contribution is -0.690. The number of phenolic OH excluding ortho intramolecular Hbond substituents is 1. The molecule has 19 heavy (non-hydrogen) atoms. The number of phenols is 1. The summed E-state index contributed by atoms with van der Waals surface area (Å²) in [5.41, 5.74) is 0.834. The Morgan fingerprint density at radius 1 is 1.42 bits per heavy atom. The predicted octanol–water partition coefficient (Wildman–Crippen LogP) is -1.16. The summed E-state index contributed by atoms with van der Waals surface area (Å²) in [5, 5.41) is 22.3. The molecule has 1 heterocycles. The first-order valence-electron chi connectivity index (χ1n) is 5.69. The van der Waals surface area contributed by atoms with Gasteiger partial charge in [0, 0.05) is 5.56 Å². The molecule has 3 N–H and O–H groups in total. The van der Waals surface area contributed by atoms with Gasteiger partial charge in [0.2, 0.25) is 5.75 Å². The number of aliphatic carboxylic acids is 1. The van der Waals surface area contributed by atoms with Crippen molar-refractivity contribution in [2.75, 3.05) is 20.0 Å². The molecule has 0 aromatic heterocycles. The lowest BCUT2D eigenvalue weighted by atomic mass is 10.1. The van der Waals surface area contributed by atoms with Crippen molar-refractivity contribution < 1.29 is 29.8 Å². The van der Waals surface area contributed by atoms with E-state index in [1.165, 1.54) is 26.0 Å². The van der Waals surface area contributed by atoms with Crippen LogP contribution in [-0.2, 0) is 4.79 Å². The van der Waals surface area contributed by atoms with Crippen molar-refractivity contribution >= 4 is 17.7 Å². The van der Waals surface area contributed by atoms with Crippen LogP contribution in [0.1, 0.15) is 10.9 Å². The molecule has 0 spiro atoms. The first-order chi connectivity index (χ1) is 9.06. The smallest absolute Gasteiger partial charge is 0.200 e. The summed E-state index contributed by atoms with van der Waals surface area (Å²) >= 11 is 1.51. The van der Waals surface area contributed by atoms with Gasteiger partial charge in [-0.05, 0) is 12.1 Å². The number of benzene rings is 1. The normalized spacial score (nSPS) is 22.2. The maximum atomic E-state index is 10.8. The third kappa shape index (κ3) is 2.71. The van der Waals surface area contributed by atoms with Gasteiger partial charge in [0.15, 0.2) is 16.9 Å². The van der Waals surface area contributed by atoms with Crippen molar-refractivity contribution in [2.24, 2.45) is 0 Å². The van der Waals surface area contributed by atoms with E-state index in [1.54, 1.807) is 17.4 Å². The van der Waals surface area contributed by atoms with Crippen LogP contribution in [0.2, 0.25) is 0 Å². The fraction of sp³-hybridized carbons (Fsp3) is 0.417. The highest BCUT2D eigenvalue weighted by Gasteiger charge is 2.32. The second kappa shape index (κ2) is 5.58.